The highest BCUT2D eigenvalue weighted by atomic mass is 19.4. The van der Waals surface area contributed by atoms with Gasteiger partial charge in [-0.25, -0.2) is 4.68 Å². The minimum absolute atomic E-state index is 0.184. The Kier molecular flexibility index (Phi) is 3.92. The Hall–Kier alpha value is -2.11. The van der Waals surface area contributed by atoms with Crippen LogP contribution in [0.1, 0.15) is 16.7 Å². The summed E-state index contributed by atoms with van der Waals surface area (Å²) in [5, 5.41) is 3.90. The lowest BCUT2D eigenvalue weighted by molar-refractivity contribution is -0.138. The average Bonchev–Trinajstić information content (AvgIpc) is 2.36. The fourth-order valence-corrected chi connectivity index (χ4v) is 1.99. The first-order valence-electron chi connectivity index (χ1n) is 6.07. The van der Waals surface area contributed by atoms with Crippen LogP contribution in [-0.2, 0) is 19.1 Å². The number of hydrogen-bond donors (Lipinski definition) is 0. The molecule has 0 radical (unpaired) electrons. The summed E-state index contributed by atoms with van der Waals surface area (Å²) in [5.41, 5.74) is 0.0730. The van der Waals surface area contributed by atoms with Crippen LogP contribution in [0.5, 0.6) is 0 Å². The van der Waals surface area contributed by atoms with Crippen LogP contribution in [0, 0.1) is 6.92 Å². The molecular formula is C14H13F3N2O. The van der Waals surface area contributed by atoms with Crippen molar-refractivity contribution < 1.29 is 13.2 Å². The number of alkyl halides is 3. The molecule has 0 amide bonds. The van der Waals surface area contributed by atoms with E-state index in [9.17, 15) is 18.0 Å². The Labute approximate surface area is 113 Å². The van der Waals surface area contributed by atoms with E-state index < -0.39 is 11.7 Å². The molecule has 6 heteroatoms. The maximum atomic E-state index is 12.6. The lowest BCUT2D eigenvalue weighted by Gasteiger charge is -2.11. The molecule has 20 heavy (non-hydrogen) atoms. The topological polar surface area (TPSA) is 34.9 Å². The van der Waals surface area contributed by atoms with Gasteiger partial charge in [0.25, 0.3) is 5.56 Å². The fourth-order valence-electron chi connectivity index (χ4n) is 1.99. The summed E-state index contributed by atoms with van der Waals surface area (Å²) >= 11 is 0. The van der Waals surface area contributed by atoms with Crippen molar-refractivity contribution in [2.45, 2.75) is 26.1 Å². The zero-order valence-corrected chi connectivity index (χ0v) is 10.8. The third-order valence-corrected chi connectivity index (χ3v) is 2.99. The van der Waals surface area contributed by atoms with Gasteiger partial charge in [-0.15, -0.1) is 0 Å². The zero-order valence-electron chi connectivity index (χ0n) is 10.8. The minimum Gasteiger partial charge on any atom is -0.268 e. The normalized spacial score (nSPS) is 11.6. The summed E-state index contributed by atoms with van der Waals surface area (Å²) in [6.07, 6.45) is -2.38. The van der Waals surface area contributed by atoms with Crippen LogP contribution in [0.4, 0.5) is 13.2 Å². The predicted octanol–water partition coefficient (Wildman–Crippen LogP) is 2.81. The second-order valence-corrected chi connectivity index (χ2v) is 4.48. The molecule has 1 aromatic carbocycles. The van der Waals surface area contributed by atoms with Gasteiger partial charge < -0.3 is 0 Å². The van der Waals surface area contributed by atoms with E-state index in [1.165, 1.54) is 36.0 Å². The molecule has 0 atom stereocenters. The number of rotatable bonds is 3. The summed E-state index contributed by atoms with van der Waals surface area (Å²) in [4.78, 5) is 11.4. The maximum absolute atomic E-state index is 12.6. The maximum Gasteiger partial charge on any atom is 0.416 e. The molecule has 0 N–H and O–H groups in total. The second-order valence-electron chi connectivity index (χ2n) is 4.48. The highest BCUT2D eigenvalue weighted by Gasteiger charge is 2.31. The second kappa shape index (κ2) is 5.48. The van der Waals surface area contributed by atoms with Crippen molar-refractivity contribution in [1.29, 1.82) is 0 Å². The predicted molar refractivity (Wildman–Crippen MR) is 68.4 cm³/mol. The van der Waals surface area contributed by atoms with E-state index in [4.69, 9.17) is 0 Å². The van der Waals surface area contributed by atoms with Crippen molar-refractivity contribution >= 4 is 0 Å². The summed E-state index contributed by atoms with van der Waals surface area (Å²) in [7, 11) is 0. The van der Waals surface area contributed by atoms with Gasteiger partial charge in [0, 0.05) is 18.8 Å². The largest absolute Gasteiger partial charge is 0.416 e. The van der Waals surface area contributed by atoms with Crippen molar-refractivity contribution in [2.24, 2.45) is 0 Å². The highest BCUT2D eigenvalue weighted by molar-refractivity contribution is 5.33. The molecule has 0 saturated heterocycles. The Balaban J connectivity index is 2.14. The van der Waals surface area contributed by atoms with Crippen molar-refractivity contribution in [3.8, 4) is 0 Å². The number of aromatic nitrogens is 2. The van der Waals surface area contributed by atoms with E-state index in [-0.39, 0.29) is 11.1 Å². The van der Waals surface area contributed by atoms with Crippen molar-refractivity contribution in [1.82, 2.24) is 9.78 Å². The molecule has 0 aliphatic heterocycles. The first-order chi connectivity index (χ1) is 9.38. The zero-order chi connectivity index (χ0) is 14.8. The molecular weight excluding hydrogens is 269 g/mol. The molecule has 2 aromatic rings. The third-order valence-electron chi connectivity index (χ3n) is 2.99. The number of hydrogen-bond acceptors (Lipinski definition) is 2. The van der Waals surface area contributed by atoms with Crippen LogP contribution in [0.25, 0.3) is 0 Å². The monoisotopic (exact) mass is 282 g/mol. The van der Waals surface area contributed by atoms with Crippen LogP contribution in [-0.4, -0.2) is 9.78 Å². The van der Waals surface area contributed by atoms with Gasteiger partial charge in [-0.3, -0.25) is 4.79 Å². The van der Waals surface area contributed by atoms with E-state index >= 15 is 0 Å². The lowest BCUT2D eigenvalue weighted by Crippen LogP contribution is -2.22. The van der Waals surface area contributed by atoms with E-state index in [2.05, 4.69) is 5.10 Å². The van der Waals surface area contributed by atoms with E-state index in [0.717, 1.165) is 11.6 Å². The molecule has 0 spiro atoms. The summed E-state index contributed by atoms with van der Waals surface area (Å²) < 4.78 is 39.2. The van der Waals surface area contributed by atoms with Gasteiger partial charge >= 0.3 is 6.18 Å². The first kappa shape index (κ1) is 14.3. The van der Waals surface area contributed by atoms with Gasteiger partial charge in [-0.1, -0.05) is 12.1 Å². The van der Waals surface area contributed by atoms with Crippen molar-refractivity contribution in [2.75, 3.05) is 0 Å². The van der Waals surface area contributed by atoms with Crippen LogP contribution in [0.2, 0.25) is 0 Å². The Morgan fingerprint density at radius 1 is 1.25 bits per heavy atom. The van der Waals surface area contributed by atoms with E-state index in [0.29, 0.717) is 13.0 Å². The smallest absolute Gasteiger partial charge is 0.268 e. The number of benzene rings is 1. The van der Waals surface area contributed by atoms with Gasteiger partial charge in [-0.2, -0.15) is 18.3 Å². The standard InChI is InChI=1S/C14H13F3N2O/c1-10-9-11(4-5-12(10)14(15,16)17)6-8-19-13(20)3-2-7-18-19/h2-5,7,9H,6,8H2,1H3. The molecule has 0 aliphatic rings. The van der Waals surface area contributed by atoms with Crippen LogP contribution in [0.3, 0.4) is 0 Å². The molecule has 0 fully saturated rings. The number of halogens is 3. The Bertz CT molecular complexity index is 662. The van der Waals surface area contributed by atoms with Gasteiger partial charge in [0.05, 0.1) is 5.56 Å². The minimum atomic E-state index is -4.33. The van der Waals surface area contributed by atoms with Crippen molar-refractivity contribution in [3.63, 3.8) is 0 Å². The Morgan fingerprint density at radius 3 is 2.60 bits per heavy atom. The molecule has 1 aromatic heterocycles. The molecule has 0 aliphatic carbocycles. The molecule has 106 valence electrons. The molecule has 1 heterocycles. The van der Waals surface area contributed by atoms with Crippen LogP contribution < -0.4 is 5.56 Å². The van der Waals surface area contributed by atoms with Crippen molar-refractivity contribution in [3.05, 3.63) is 63.6 Å². The summed E-state index contributed by atoms with van der Waals surface area (Å²) in [6, 6.07) is 6.94. The highest BCUT2D eigenvalue weighted by Crippen LogP contribution is 2.32. The van der Waals surface area contributed by atoms with Gasteiger partial charge in [0.2, 0.25) is 0 Å². The lowest BCUT2D eigenvalue weighted by atomic mass is 10.0. The third kappa shape index (κ3) is 3.26. The quantitative estimate of drug-likeness (QED) is 0.867. The fraction of sp³-hybridized carbons (Fsp3) is 0.286. The summed E-state index contributed by atoms with van der Waals surface area (Å²) in [5.74, 6) is 0. The molecule has 3 nitrogen and oxygen atoms in total. The first-order valence-corrected chi connectivity index (χ1v) is 6.07. The van der Waals surface area contributed by atoms with Gasteiger partial charge in [0.15, 0.2) is 0 Å². The molecule has 2 rings (SSSR count). The molecule has 0 bridgehead atoms. The number of nitrogens with zero attached hydrogens (tertiary/aromatic N) is 2. The van der Waals surface area contributed by atoms with Gasteiger partial charge in [-0.05, 0) is 36.6 Å². The van der Waals surface area contributed by atoms with Crippen LogP contribution >= 0.6 is 0 Å². The van der Waals surface area contributed by atoms with Gasteiger partial charge in [0.1, 0.15) is 0 Å². The Morgan fingerprint density at radius 2 is 2.00 bits per heavy atom. The molecule has 0 unspecified atom stereocenters. The van der Waals surface area contributed by atoms with E-state index in [1.807, 2.05) is 0 Å². The number of aryl methyl sites for hydroxylation is 3. The molecule has 0 saturated carbocycles. The van der Waals surface area contributed by atoms with E-state index in [1.54, 1.807) is 6.07 Å². The SMILES string of the molecule is Cc1cc(CCn2ncccc2=O)ccc1C(F)(F)F. The van der Waals surface area contributed by atoms with Crippen LogP contribution in [0.15, 0.2) is 41.3 Å². The average molecular weight is 282 g/mol. The summed E-state index contributed by atoms with van der Waals surface area (Å²) in [6.45, 7) is 1.77.